The zero-order valence-corrected chi connectivity index (χ0v) is 21.4. The van der Waals surface area contributed by atoms with Gasteiger partial charge in [-0.25, -0.2) is 13.1 Å². The minimum atomic E-state index is -2.99. The van der Waals surface area contributed by atoms with Gasteiger partial charge in [0.05, 0.1) is 64.6 Å². The lowest BCUT2D eigenvalue weighted by Crippen LogP contribution is -2.53. The van der Waals surface area contributed by atoms with E-state index in [1.807, 2.05) is 4.90 Å². The van der Waals surface area contributed by atoms with E-state index >= 15 is 0 Å². The molecule has 0 saturated carbocycles. The van der Waals surface area contributed by atoms with E-state index in [2.05, 4.69) is 29.5 Å². The fraction of sp³-hybridized carbons (Fsp3) is 0.900. The molecule has 1 aliphatic heterocycles. The van der Waals surface area contributed by atoms with Gasteiger partial charge in [-0.3, -0.25) is 4.90 Å². The van der Waals surface area contributed by atoms with E-state index in [0.717, 1.165) is 6.54 Å². The minimum Gasteiger partial charge on any atom is -0.378 e. The van der Waals surface area contributed by atoms with Crippen molar-refractivity contribution in [1.29, 1.82) is 0 Å². The summed E-state index contributed by atoms with van der Waals surface area (Å²) in [6.45, 7) is 11.2. The molecule has 0 aromatic carbocycles. The van der Waals surface area contributed by atoms with E-state index in [9.17, 15) is 8.42 Å². The Kier molecular flexibility index (Phi) is 13.1. The molecule has 192 valence electrons. The van der Waals surface area contributed by atoms with Crippen molar-refractivity contribution >= 4 is 21.4 Å². The Balaban J connectivity index is 1.41. The Morgan fingerprint density at radius 1 is 1.00 bits per heavy atom. The number of hydrogen-bond acceptors (Lipinski definition) is 10. The molecule has 1 aromatic heterocycles. The number of ether oxygens (including phenoxy) is 4. The molecule has 1 N–H and O–H groups in total. The second kappa shape index (κ2) is 15.2. The number of halogens is 1. The van der Waals surface area contributed by atoms with Gasteiger partial charge in [0.1, 0.15) is 5.69 Å². The molecule has 13 heteroatoms. The molecular weight excluding hydrogens is 474 g/mol. The summed E-state index contributed by atoms with van der Waals surface area (Å²) >= 11 is 6.33. The maximum atomic E-state index is 11.5. The van der Waals surface area contributed by atoms with Crippen LogP contribution in [0.3, 0.4) is 0 Å². The zero-order chi connectivity index (χ0) is 24.1. The monoisotopic (exact) mass is 511 g/mol. The molecule has 0 bridgehead atoms. The first-order valence-corrected chi connectivity index (χ1v) is 13.6. The highest BCUT2D eigenvalue weighted by atomic mass is 35.5. The molecule has 1 fully saturated rings. The maximum Gasteiger partial charge on any atom is 0.152 e. The highest BCUT2D eigenvalue weighted by Crippen LogP contribution is 2.21. The van der Waals surface area contributed by atoms with Crippen molar-refractivity contribution in [3.05, 3.63) is 10.8 Å². The maximum absolute atomic E-state index is 11.5. The van der Waals surface area contributed by atoms with Crippen LogP contribution in [0.2, 0.25) is 5.15 Å². The molecule has 0 unspecified atom stereocenters. The Morgan fingerprint density at radius 3 is 2.09 bits per heavy atom. The normalized spacial score (nSPS) is 15.4. The SMILES string of the molecule is CC(C)NCCOCCOCCOCCOCCn1nnc(CN2CC(S(C)(=O)=O)C2)c1Cl. The highest BCUT2D eigenvalue weighted by Gasteiger charge is 2.35. The predicted octanol–water partition coefficient (Wildman–Crippen LogP) is 0.225. The summed E-state index contributed by atoms with van der Waals surface area (Å²) < 4.78 is 46.5. The van der Waals surface area contributed by atoms with E-state index in [1.165, 1.54) is 6.26 Å². The van der Waals surface area contributed by atoms with Crippen LogP contribution in [0.25, 0.3) is 0 Å². The van der Waals surface area contributed by atoms with Crippen LogP contribution in [0.5, 0.6) is 0 Å². The van der Waals surface area contributed by atoms with E-state index in [0.29, 0.717) is 95.9 Å². The third-order valence-corrected chi connectivity index (χ3v) is 6.93. The molecule has 1 aromatic rings. The lowest BCUT2D eigenvalue weighted by Gasteiger charge is -2.37. The van der Waals surface area contributed by atoms with Crippen molar-refractivity contribution in [1.82, 2.24) is 25.2 Å². The summed E-state index contributed by atoms with van der Waals surface area (Å²) in [7, 11) is -2.99. The standard InChI is InChI=1S/C20H38ClN5O6S/c1-17(2)22-4-6-29-8-10-31-12-13-32-11-9-30-7-5-26-20(21)19(23-24-26)16-25-14-18(15-25)33(3,27)28/h17-18,22H,4-16H2,1-3H3. The Labute approximate surface area is 201 Å². The summed E-state index contributed by atoms with van der Waals surface area (Å²) in [6.07, 6.45) is 1.27. The van der Waals surface area contributed by atoms with E-state index < -0.39 is 9.84 Å². The van der Waals surface area contributed by atoms with Crippen molar-refractivity contribution in [3.8, 4) is 0 Å². The van der Waals surface area contributed by atoms with E-state index in [-0.39, 0.29) is 5.25 Å². The van der Waals surface area contributed by atoms with Crippen LogP contribution in [0, 0.1) is 0 Å². The molecular formula is C20H38ClN5O6S. The van der Waals surface area contributed by atoms with Crippen LogP contribution in [-0.4, -0.2) is 118 Å². The van der Waals surface area contributed by atoms with Gasteiger partial charge < -0.3 is 24.3 Å². The highest BCUT2D eigenvalue weighted by molar-refractivity contribution is 7.91. The third kappa shape index (κ3) is 11.4. The van der Waals surface area contributed by atoms with Crippen LogP contribution < -0.4 is 5.32 Å². The van der Waals surface area contributed by atoms with Crippen molar-refractivity contribution in [2.75, 3.05) is 78.7 Å². The number of nitrogens with one attached hydrogen (secondary N) is 1. The summed E-state index contributed by atoms with van der Waals surface area (Å²) in [5, 5.41) is 11.6. The first-order valence-electron chi connectivity index (χ1n) is 11.3. The predicted molar refractivity (Wildman–Crippen MR) is 125 cm³/mol. The van der Waals surface area contributed by atoms with Crippen LogP contribution >= 0.6 is 11.6 Å². The van der Waals surface area contributed by atoms with Gasteiger partial charge in [-0.2, -0.15) is 0 Å². The molecule has 11 nitrogen and oxygen atoms in total. The van der Waals surface area contributed by atoms with Gasteiger partial charge in [-0.1, -0.05) is 30.7 Å². The summed E-state index contributed by atoms with van der Waals surface area (Å²) in [6, 6.07) is 0.472. The molecule has 1 aliphatic rings. The number of likely N-dealkylation sites (tertiary alicyclic amines) is 1. The summed E-state index contributed by atoms with van der Waals surface area (Å²) in [5.74, 6) is 0. The van der Waals surface area contributed by atoms with E-state index in [1.54, 1.807) is 4.68 Å². The number of rotatable bonds is 19. The first kappa shape index (κ1) is 28.4. The molecule has 0 radical (unpaired) electrons. The van der Waals surface area contributed by atoms with Crippen LogP contribution in [0.4, 0.5) is 0 Å². The van der Waals surface area contributed by atoms with E-state index in [4.69, 9.17) is 30.5 Å². The van der Waals surface area contributed by atoms with Crippen LogP contribution in [0.1, 0.15) is 19.5 Å². The number of hydrogen-bond donors (Lipinski definition) is 1. The van der Waals surface area contributed by atoms with Crippen molar-refractivity contribution in [2.24, 2.45) is 0 Å². The summed E-state index contributed by atoms with van der Waals surface area (Å²) in [4.78, 5) is 1.99. The average molecular weight is 512 g/mol. The van der Waals surface area contributed by atoms with Gasteiger partial charge in [0.2, 0.25) is 0 Å². The van der Waals surface area contributed by atoms with Crippen LogP contribution in [0.15, 0.2) is 0 Å². The smallest absolute Gasteiger partial charge is 0.152 e. The molecule has 0 amide bonds. The third-order valence-electron chi connectivity index (χ3n) is 5.00. The molecule has 1 saturated heterocycles. The molecule has 0 atom stereocenters. The van der Waals surface area contributed by atoms with Gasteiger partial charge in [0.25, 0.3) is 0 Å². The van der Waals surface area contributed by atoms with Crippen molar-refractivity contribution in [2.45, 2.75) is 38.2 Å². The molecule has 2 heterocycles. The largest absolute Gasteiger partial charge is 0.378 e. The Bertz CT molecular complexity index is 773. The van der Waals surface area contributed by atoms with Crippen LogP contribution in [-0.2, 0) is 41.9 Å². The van der Waals surface area contributed by atoms with Gasteiger partial charge >= 0.3 is 0 Å². The molecule has 2 rings (SSSR count). The van der Waals surface area contributed by atoms with Gasteiger partial charge in [0.15, 0.2) is 15.0 Å². The van der Waals surface area contributed by atoms with Crippen molar-refractivity contribution in [3.63, 3.8) is 0 Å². The fourth-order valence-corrected chi connectivity index (χ4v) is 4.22. The topological polar surface area (TPSA) is 117 Å². The summed E-state index contributed by atoms with van der Waals surface area (Å²) in [5.41, 5.74) is 0.643. The van der Waals surface area contributed by atoms with Crippen molar-refractivity contribution < 1.29 is 27.4 Å². The zero-order valence-electron chi connectivity index (χ0n) is 19.9. The second-order valence-electron chi connectivity index (χ2n) is 8.25. The quantitative estimate of drug-likeness (QED) is 0.258. The molecule has 0 aliphatic carbocycles. The first-order chi connectivity index (χ1) is 15.8. The van der Waals surface area contributed by atoms with Gasteiger partial charge in [-0.15, -0.1) is 5.10 Å². The second-order valence-corrected chi connectivity index (χ2v) is 10.9. The number of nitrogens with zero attached hydrogens (tertiary/aromatic N) is 4. The Morgan fingerprint density at radius 2 is 1.55 bits per heavy atom. The number of sulfone groups is 1. The minimum absolute atomic E-state index is 0.301. The molecule has 33 heavy (non-hydrogen) atoms. The van der Waals surface area contributed by atoms with Gasteiger partial charge in [-0.05, 0) is 0 Å². The van der Waals surface area contributed by atoms with Gasteiger partial charge in [0, 0.05) is 38.5 Å². The number of aromatic nitrogens is 3. The molecule has 0 spiro atoms. The lowest BCUT2D eigenvalue weighted by atomic mass is 10.2. The fourth-order valence-electron chi connectivity index (χ4n) is 3.04. The Hall–Kier alpha value is -0.860. The lowest BCUT2D eigenvalue weighted by molar-refractivity contribution is -0.00251. The average Bonchev–Trinajstić information content (AvgIpc) is 3.05.